The van der Waals surface area contributed by atoms with Crippen LogP contribution >= 0.6 is 34.7 Å². The van der Waals surface area contributed by atoms with Gasteiger partial charge in [0.1, 0.15) is 5.75 Å². The lowest BCUT2D eigenvalue weighted by Gasteiger charge is -2.38. The van der Waals surface area contributed by atoms with Crippen molar-refractivity contribution in [2.45, 2.75) is 36.3 Å². The van der Waals surface area contributed by atoms with Crippen LogP contribution in [0.15, 0.2) is 46.1 Å². The summed E-state index contributed by atoms with van der Waals surface area (Å²) in [5.74, 6) is 1.78. The van der Waals surface area contributed by atoms with E-state index in [9.17, 15) is 9.90 Å². The molecule has 1 aliphatic heterocycles. The molecule has 1 N–H and O–H groups in total. The molecule has 2 aromatic heterocycles. The van der Waals surface area contributed by atoms with Crippen molar-refractivity contribution in [3.63, 3.8) is 0 Å². The lowest BCUT2D eigenvalue weighted by molar-refractivity contribution is -0.139. The minimum Gasteiger partial charge on any atom is -0.497 e. The molecule has 0 saturated carbocycles. The molecule has 3 heterocycles. The van der Waals surface area contributed by atoms with Crippen molar-refractivity contribution in [2.75, 3.05) is 32.5 Å². The number of pyridine rings is 1. The standard InChI is InChI=1S/C26H31ClN2O3S2/c1-32-21-5-6-24-22(16-21)19(7-10-28-24)4-2-3-18-8-11-29(17-20(18)15-25(30)31)12-14-34-26-23(27)9-13-33-26/h5-7,9-10,13,16,18,20H,2-4,8,11-12,14-15,17H2,1H3,(H,30,31)/t18-,20+/m1/s1. The average Bonchev–Trinajstić information content (AvgIpc) is 3.24. The molecule has 34 heavy (non-hydrogen) atoms. The van der Waals surface area contributed by atoms with E-state index in [-0.39, 0.29) is 12.3 Å². The molecule has 4 rings (SSSR count). The summed E-state index contributed by atoms with van der Waals surface area (Å²) in [5, 5.41) is 13.5. The maximum atomic E-state index is 11.6. The van der Waals surface area contributed by atoms with E-state index < -0.39 is 5.97 Å². The predicted molar refractivity (Wildman–Crippen MR) is 142 cm³/mol. The summed E-state index contributed by atoms with van der Waals surface area (Å²) in [6, 6.07) is 10.0. The molecule has 3 aromatic rings. The van der Waals surface area contributed by atoms with E-state index in [1.807, 2.05) is 29.8 Å². The smallest absolute Gasteiger partial charge is 0.303 e. The number of piperidine rings is 1. The number of aliphatic carboxylic acids is 1. The lowest BCUT2D eigenvalue weighted by atomic mass is 9.80. The second-order valence-corrected chi connectivity index (χ2v) is 11.5. The normalized spacial score (nSPS) is 18.9. The summed E-state index contributed by atoms with van der Waals surface area (Å²) < 4.78 is 6.56. The van der Waals surface area contributed by atoms with Gasteiger partial charge in [-0.15, -0.1) is 23.1 Å². The SMILES string of the molecule is COc1ccc2nccc(CCC[C@@H]3CCN(CCSc4sccc4Cl)C[C@@H]3CC(=O)O)c2c1. The number of carboxylic acids is 1. The van der Waals surface area contributed by atoms with Crippen LogP contribution in [-0.4, -0.2) is 53.5 Å². The van der Waals surface area contributed by atoms with Gasteiger partial charge in [-0.2, -0.15) is 0 Å². The molecule has 0 amide bonds. The van der Waals surface area contributed by atoms with Gasteiger partial charge >= 0.3 is 5.97 Å². The summed E-state index contributed by atoms with van der Waals surface area (Å²) in [6.45, 7) is 2.87. The molecule has 1 saturated heterocycles. The van der Waals surface area contributed by atoms with Crippen molar-refractivity contribution in [3.05, 3.63) is 52.5 Å². The van der Waals surface area contributed by atoms with Crippen LogP contribution < -0.4 is 4.74 Å². The molecular formula is C26H31ClN2O3S2. The number of rotatable bonds is 11. The molecule has 0 unspecified atom stereocenters. The third-order valence-corrected chi connectivity index (χ3v) is 9.45. The largest absolute Gasteiger partial charge is 0.497 e. The van der Waals surface area contributed by atoms with Gasteiger partial charge in [-0.3, -0.25) is 9.78 Å². The van der Waals surface area contributed by atoms with E-state index in [1.165, 1.54) is 9.77 Å². The fraction of sp³-hybridized carbons (Fsp3) is 0.462. The van der Waals surface area contributed by atoms with Crippen LogP contribution in [0.4, 0.5) is 0 Å². The zero-order valence-corrected chi connectivity index (χ0v) is 21.8. The van der Waals surface area contributed by atoms with Gasteiger partial charge in [0.25, 0.3) is 0 Å². The Hall–Kier alpha value is -1.80. The van der Waals surface area contributed by atoms with E-state index in [2.05, 4.69) is 22.0 Å². The molecule has 0 spiro atoms. The zero-order valence-electron chi connectivity index (χ0n) is 19.4. The third-order valence-electron chi connectivity index (χ3n) is 6.70. The van der Waals surface area contributed by atoms with Gasteiger partial charge in [-0.1, -0.05) is 11.6 Å². The molecule has 0 bridgehead atoms. The summed E-state index contributed by atoms with van der Waals surface area (Å²) >= 11 is 9.67. The first kappa shape index (κ1) is 25.3. The predicted octanol–water partition coefficient (Wildman–Crippen LogP) is 6.49. The topological polar surface area (TPSA) is 62.7 Å². The highest BCUT2D eigenvalue weighted by Crippen LogP contribution is 2.34. The Bertz CT molecular complexity index is 1110. The maximum Gasteiger partial charge on any atom is 0.303 e. The Morgan fingerprint density at radius 1 is 1.32 bits per heavy atom. The number of thioether (sulfide) groups is 1. The Kier molecular flexibility index (Phi) is 9.11. The number of benzene rings is 1. The van der Waals surface area contributed by atoms with Crippen LogP contribution in [0.5, 0.6) is 5.75 Å². The highest BCUT2D eigenvalue weighted by molar-refractivity contribution is 8.01. The van der Waals surface area contributed by atoms with Crippen molar-refractivity contribution in [2.24, 2.45) is 11.8 Å². The first-order valence-corrected chi connectivity index (χ1v) is 14.0. The molecule has 182 valence electrons. The lowest BCUT2D eigenvalue weighted by Crippen LogP contribution is -2.42. The summed E-state index contributed by atoms with van der Waals surface area (Å²) in [5.41, 5.74) is 2.26. The second kappa shape index (κ2) is 12.2. The van der Waals surface area contributed by atoms with Crippen molar-refractivity contribution < 1.29 is 14.6 Å². The van der Waals surface area contributed by atoms with Crippen molar-refractivity contribution in [3.8, 4) is 5.75 Å². The van der Waals surface area contributed by atoms with Crippen LogP contribution in [0.25, 0.3) is 10.9 Å². The van der Waals surface area contributed by atoms with Crippen LogP contribution in [0.2, 0.25) is 5.02 Å². The number of methoxy groups -OCH3 is 1. The highest BCUT2D eigenvalue weighted by atomic mass is 35.5. The average molecular weight is 519 g/mol. The molecule has 5 nitrogen and oxygen atoms in total. The maximum absolute atomic E-state index is 11.6. The minimum atomic E-state index is -0.691. The van der Waals surface area contributed by atoms with Crippen molar-refractivity contribution >= 4 is 51.6 Å². The first-order chi connectivity index (χ1) is 16.5. The number of ether oxygens (including phenoxy) is 1. The number of nitrogens with zero attached hydrogens (tertiary/aromatic N) is 2. The zero-order chi connectivity index (χ0) is 23.9. The van der Waals surface area contributed by atoms with E-state index in [0.29, 0.717) is 5.92 Å². The summed E-state index contributed by atoms with van der Waals surface area (Å²) in [6.07, 6.45) is 6.25. The van der Waals surface area contributed by atoms with Gasteiger partial charge in [0.05, 0.1) is 21.9 Å². The first-order valence-electron chi connectivity index (χ1n) is 11.7. The molecular weight excluding hydrogens is 488 g/mol. The Balaban J connectivity index is 1.31. The number of hydrogen-bond donors (Lipinski definition) is 1. The number of aromatic nitrogens is 1. The number of carboxylic acid groups (broad SMARTS) is 1. The van der Waals surface area contributed by atoms with Crippen molar-refractivity contribution in [1.82, 2.24) is 9.88 Å². The fourth-order valence-electron chi connectivity index (χ4n) is 4.93. The van der Waals surface area contributed by atoms with Gasteiger partial charge in [-0.05, 0) is 85.3 Å². The number of thiophene rings is 1. The second-order valence-electron chi connectivity index (χ2n) is 8.86. The van der Waals surface area contributed by atoms with Gasteiger partial charge in [0, 0.05) is 36.8 Å². The molecule has 1 fully saturated rings. The third kappa shape index (κ3) is 6.66. The summed E-state index contributed by atoms with van der Waals surface area (Å²) in [7, 11) is 1.68. The number of carbonyl (C=O) groups is 1. The quantitative estimate of drug-likeness (QED) is 0.293. The van der Waals surface area contributed by atoms with E-state index in [1.54, 1.807) is 30.2 Å². The van der Waals surface area contributed by atoms with E-state index in [4.69, 9.17) is 16.3 Å². The molecule has 2 atom stereocenters. The number of hydrogen-bond acceptors (Lipinski definition) is 6. The van der Waals surface area contributed by atoms with Gasteiger partial charge < -0.3 is 14.7 Å². The fourth-order valence-corrected chi connectivity index (χ4v) is 7.30. The van der Waals surface area contributed by atoms with Crippen LogP contribution in [0.1, 0.15) is 31.2 Å². The van der Waals surface area contributed by atoms with Crippen molar-refractivity contribution in [1.29, 1.82) is 0 Å². The molecule has 0 radical (unpaired) electrons. The van der Waals surface area contributed by atoms with E-state index >= 15 is 0 Å². The number of fused-ring (bicyclic) bond motifs is 1. The highest BCUT2D eigenvalue weighted by Gasteiger charge is 2.30. The van der Waals surface area contributed by atoms with Gasteiger partial charge in [0.15, 0.2) is 0 Å². The van der Waals surface area contributed by atoms with Crippen LogP contribution in [-0.2, 0) is 11.2 Å². The monoisotopic (exact) mass is 518 g/mol. The summed E-state index contributed by atoms with van der Waals surface area (Å²) in [4.78, 5) is 18.5. The molecule has 8 heteroatoms. The Morgan fingerprint density at radius 3 is 2.97 bits per heavy atom. The van der Waals surface area contributed by atoms with E-state index in [0.717, 1.165) is 72.7 Å². The Morgan fingerprint density at radius 2 is 2.21 bits per heavy atom. The molecule has 0 aliphatic carbocycles. The Labute approximate surface area is 214 Å². The number of likely N-dealkylation sites (tertiary alicyclic amines) is 1. The van der Waals surface area contributed by atoms with Crippen LogP contribution in [0, 0.1) is 11.8 Å². The number of aryl methyl sites for hydroxylation is 1. The van der Waals surface area contributed by atoms with Gasteiger partial charge in [0.2, 0.25) is 0 Å². The van der Waals surface area contributed by atoms with Crippen LogP contribution in [0.3, 0.4) is 0 Å². The van der Waals surface area contributed by atoms with Gasteiger partial charge in [-0.25, -0.2) is 0 Å². The number of halogens is 1. The molecule has 1 aromatic carbocycles. The molecule has 1 aliphatic rings. The minimum absolute atomic E-state index is 0.204.